The van der Waals surface area contributed by atoms with Gasteiger partial charge in [0.05, 0.1) is 12.7 Å². The first-order chi connectivity index (χ1) is 9.31. The molecule has 0 radical (unpaired) electrons. The van der Waals surface area contributed by atoms with Gasteiger partial charge in [-0.2, -0.15) is 0 Å². The van der Waals surface area contributed by atoms with Gasteiger partial charge in [0.1, 0.15) is 0 Å². The van der Waals surface area contributed by atoms with Gasteiger partial charge < -0.3 is 9.84 Å². The molecule has 0 aromatic rings. The maximum Gasteiger partial charge on any atom is 0.0773 e. The number of hydrogen-bond acceptors (Lipinski definition) is 2. The lowest BCUT2D eigenvalue weighted by molar-refractivity contribution is 0.0316. The molecule has 0 saturated carbocycles. The van der Waals surface area contributed by atoms with Crippen LogP contribution >= 0.6 is 0 Å². The number of aliphatic hydroxyl groups is 1. The highest BCUT2D eigenvalue weighted by molar-refractivity contribution is 4.55. The summed E-state index contributed by atoms with van der Waals surface area (Å²) in [6.07, 6.45) is 15.2. The smallest absolute Gasteiger partial charge is 0.0773 e. The van der Waals surface area contributed by atoms with Crippen molar-refractivity contribution < 1.29 is 9.84 Å². The normalized spacial score (nSPS) is 12.8. The van der Waals surface area contributed by atoms with Gasteiger partial charge in [-0.1, -0.05) is 78.1 Å². The van der Waals surface area contributed by atoms with Gasteiger partial charge in [-0.25, -0.2) is 0 Å². The molecule has 1 N–H and O–H groups in total. The quantitative estimate of drug-likeness (QED) is 0.421. The lowest BCUT2D eigenvalue weighted by atomic mass is 10.0. The molecule has 0 fully saturated rings. The van der Waals surface area contributed by atoms with Crippen LogP contribution in [0.25, 0.3) is 0 Å². The van der Waals surface area contributed by atoms with Crippen molar-refractivity contribution in [2.45, 2.75) is 97.0 Å². The Morgan fingerprint density at radius 1 is 0.737 bits per heavy atom. The highest BCUT2D eigenvalue weighted by Gasteiger charge is 2.03. The number of rotatable bonds is 15. The molecular weight excluding hydrogens is 236 g/mol. The molecule has 0 spiro atoms. The Morgan fingerprint density at radius 3 is 1.79 bits per heavy atom. The molecule has 0 bridgehead atoms. The molecule has 0 aliphatic carbocycles. The molecule has 0 rings (SSSR count). The molecule has 2 nitrogen and oxygen atoms in total. The Bertz CT molecular complexity index is 159. The van der Waals surface area contributed by atoms with Gasteiger partial charge >= 0.3 is 0 Å². The van der Waals surface area contributed by atoms with E-state index in [1.807, 2.05) is 0 Å². The SMILES string of the molecule is CCCCCCCCCCCCC(O)COCCC. The molecule has 0 aliphatic rings. The average Bonchev–Trinajstić information content (AvgIpc) is 2.41. The van der Waals surface area contributed by atoms with Gasteiger partial charge in [-0.15, -0.1) is 0 Å². The minimum Gasteiger partial charge on any atom is -0.391 e. The molecule has 1 unspecified atom stereocenters. The fourth-order valence-electron chi connectivity index (χ4n) is 2.31. The second-order valence-corrected chi connectivity index (χ2v) is 5.70. The third-order valence-electron chi connectivity index (χ3n) is 3.55. The molecule has 1 atom stereocenters. The van der Waals surface area contributed by atoms with Crippen LogP contribution in [0.1, 0.15) is 90.9 Å². The minimum absolute atomic E-state index is 0.249. The predicted octanol–water partition coefficient (Wildman–Crippen LogP) is 5.08. The topological polar surface area (TPSA) is 29.5 Å². The van der Waals surface area contributed by atoms with E-state index in [1.165, 1.54) is 57.8 Å². The van der Waals surface area contributed by atoms with E-state index in [9.17, 15) is 5.11 Å². The number of unbranched alkanes of at least 4 members (excludes halogenated alkanes) is 9. The molecule has 116 valence electrons. The Morgan fingerprint density at radius 2 is 1.26 bits per heavy atom. The summed E-state index contributed by atoms with van der Waals surface area (Å²) in [6, 6.07) is 0. The number of hydrogen-bond donors (Lipinski definition) is 1. The summed E-state index contributed by atoms with van der Waals surface area (Å²) in [7, 11) is 0. The fourth-order valence-corrected chi connectivity index (χ4v) is 2.31. The lowest BCUT2D eigenvalue weighted by Crippen LogP contribution is -2.15. The largest absolute Gasteiger partial charge is 0.391 e. The summed E-state index contributed by atoms with van der Waals surface area (Å²) in [5, 5.41) is 9.67. The maximum absolute atomic E-state index is 9.67. The first kappa shape index (κ1) is 18.9. The van der Waals surface area contributed by atoms with Crippen LogP contribution in [-0.2, 0) is 4.74 Å². The van der Waals surface area contributed by atoms with Crippen LogP contribution in [0.5, 0.6) is 0 Å². The van der Waals surface area contributed by atoms with Gasteiger partial charge in [0, 0.05) is 6.61 Å². The van der Waals surface area contributed by atoms with Crippen molar-refractivity contribution in [3.05, 3.63) is 0 Å². The summed E-state index contributed by atoms with van der Waals surface area (Å²) in [6.45, 7) is 5.65. The van der Waals surface area contributed by atoms with Crippen LogP contribution in [0.2, 0.25) is 0 Å². The van der Waals surface area contributed by atoms with Crippen LogP contribution in [0.4, 0.5) is 0 Å². The summed E-state index contributed by atoms with van der Waals surface area (Å²) in [5.74, 6) is 0. The number of ether oxygens (including phenoxy) is 1. The van der Waals surface area contributed by atoms with Crippen molar-refractivity contribution in [3.63, 3.8) is 0 Å². The standard InChI is InChI=1S/C17H36O2/c1-3-5-6-7-8-9-10-11-12-13-14-17(18)16-19-15-4-2/h17-18H,3-16H2,1-2H3. The lowest BCUT2D eigenvalue weighted by Gasteiger charge is -2.10. The second kappa shape index (κ2) is 16.0. The second-order valence-electron chi connectivity index (χ2n) is 5.70. The first-order valence-corrected chi connectivity index (χ1v) is 8.57. The molecular formula is C17H36O2. The van der Waals surface area contributed by atoms with Gasteiger partial charge in [0.15, 0.2) is 0 Å². The first-order valence-electron chi connectivity index (χ1n) is 8.57. The molecule has 2 heteroatoms. The van der Waals surface area contributed by atoms with Crippen LogP contribution in [0.15, 0.2) is 0 Å². The Balaban J connectivity index is 3.05. The Hall–Kier alpha value is -0.0800. The Labute approximate surface area is 120 Å². The molecule has 19 heavy (non-hydrogen) atoms. The van der Waals surface area contributed by atoms with E-state index in [0.29, 0.717) is 6.61 Å². The van der Waals surface area contributed by atoms with E-state index < -0.39 is 0 Å². The van der Waals surface area contributed by atoms with Gasteiger partial charge in [-0.3, -0.25) is 0 Å². The molecule has 0 amide bonds. The summed E-state index contributed by atoms with van der Waals surface area (Å²) < 4.78 is 5.34. The summed E-state index contributed by atoms with van der Waals surface area (Å²) in [4.78, 5) is 0. The maximum atomic E-state index is 9.67. The molecule has 0 aliphatic heterocycles. The molecule has 0 aromatic carbocycles. The zero-order valence-electron chi connectivity index (χ0n) is 13.3. The highest BCUT2D eigenvalue weighted by Crippen LogP contribution is 2.12. The van der Waals surface area contributed by atoms with Gasteiger partial charge in [0.25, 0.3) is 0 Å². The van der Waals surface area contributed by atoms with E-state index in [0.717, 1.165) is 25.9 Å². The van der Waals surface area contributed by atoms with Crippen molar-refractivity contribution in [1.29, 1.82) is 0 Å². The van der Waals surface area contributed by atoms with E-state index in [4.69, 9.17) is 4.74 Å². The van der Waals surface area contributed by atoms with Crippen molar-refractivity contribution in [2.24, 2.45) is 0 Å². The molecule has 0 heterocycles. The van der Waals surface area contributed by atoms with Crippen LogP contribution < -0.4 is 0 Å². The monoisotopic (exact) mass is 272 g/mol. The predicted molar refractivity (Wildman–Crippen MR) is 83.6 cm³/mol. The van der Waals surface area contributed by atoms with Gasteiger partial charge in [0.2, 0.25) is 0 Å². The van der Waals surface area contributed by atoms with Crippen LogP contribution in [-0.4, -0.2) is 24.4 Å². The Kier molecular flexibility index (Phi) is 15.9. The van der Waals surface area contributed by atoms with E-state index in [1.54, 1.807) is 0 Å². The third-order valence-corrected chi connectivity index (χ3v) is 3.55. The third kappa shape index (κ3) is 15.9. The number of aliphatic hydroxyl groups excluding tert-OH is 1. The van der Waals surface area contributed by atoms with Crippen LogP contribution in [0, 0.1) is 0 Å². The molecule has 0 aromatic heterocycles. The van der Waals surface area contributed by atoms with Crippen molar-refractivity contribution in [1.82, 2.24) is 0 Å². The van der Waals surface area contributed by atoms with Gasteiger partial charge in [-0.05, 0) is 12.8 Å². The fraction of sp³-hybridized carbons (Fsp3) is 1.00. The van der Waals surface area contributed by atoms with E-state index >= 15 is 0 Å². The van der Waals surface area contributed by atoms with Crippen molar-refractivity contribution in [2.75, 3.05) is 13.2 Å². The van der Waals surface area contributed by atoms with E-state index in [2.05, 4.69) is 13.8 Å². The van der Waals surface area contributed by atoms with E-state index in [-0.39, 0.29) is 6.10 Å². The van der Waals surface area contributed by atoms with Crippen molar-refractivity contribution in [3.8, 4) is 0 Å². The summed E-state index contributed by atoms with van der Waals surface area (Å²) in [5.41, 5.74) is 0. The summed E-state index contributed by atoms with van der Waals surface area (Å²) >= 11 is 0. The molecule has 0 saturated heterocycles. The minimum atomic E-state index is -0.249. The van der Waals surface area contributed by atoms with Crippen LogP contribution in [0.3, 0.4) is 0 Å². The van der Waals surface area contributed by atoms with Crippen molar-refractivity contribution >= 4 is 0 Å². The zero-order chi connectivity index (χ0) is 14.2. The zero-order valence-corrected chi connectivity index (χ0v) is 13.3. The highest BCUT2D eigenvalue weighted by atomic mass is 16.5. The average molecular weight is 272 g/mol.